The third-order valence-corrected chi connectivity index (χ3v) is 5.33. The maximum absolute atomic E-state index is 13.8. The van der Waals surface area contributed by atoms with Crippen LogP contribution in [0.25, 0.3) is 5.69 Å². The van der Waals surface area contributed by atoms with Crippen LogP contribution in [-0.4, -0.2) is 15.7 Å². The van der Waals surface area contributed by atoms with Crippen LogP contribution in [0.15, 0.2) is 78.9 Å². The molecule has 4 aromatic rings. The van der Waals surface area contributed by atoms with Crippen LogP contribution < -0.4 is 10.1 Å². The molecule has 5 nitrogen and oxygen atoms in total. The molecule has 0 radical (unpaired) electrons. The lowest BCUT2D eigenvalue weighted by atomic mass is 10.1. The van der Waals surface area contributed by atoms with Gasteiger partial charge in [-0.3, -0.25) is 4.79 Å². The zero-order valence-electron chi connectivity index (χ0n) is 18.7. The molecule has 1 heterocycles. The van der Waals surface area contributed by atoms with Gasteiger partial charge < -0.3 is 10.1 Å². The minimum absolute atomic E-state index is 0.0572. The van der Waals surface area contributed by atoms with Crippen molar-refractivity contribution in [3.05, 3.63) is 107 Å². The summed E-state index contributed by atoms with van der Waals surface area (Å²) in [6, 6.07) is 23.7. The molecule has 0 aliphatic heterocycles. The van der Waals surface area contributed by atoms with Gasteiger partial charge in [0.15, 0.2) is 0 Å². The fourth-order valence-electron chi connectivity index (χ4n) is 3.63. The Kier molecular flexibility index (Phi) is 6.83. The number of nitrogens with zero attached hydrogens (tertiary/aromatic N) is 2. The van der Waals surface area contributed by atoms with E-state index >= 15 is 0 Å². The van der Waals surface area contributed by atoms with E-state index in [4.69, 9.17) is 4.74 Å². The van der Waals surface area contributed by atoms with E-state index in [9.17, 15) is 9.18 Å². The number of carbonyl (C=O) groups is 1. The lowest BCUT2D eigenvalue weighted by molar-refractivity contribution is -0.121. The number of aryl methyl sites for hydroxylation is 2. The number of carbonyl (C=O) groups excluding carboxylic acids is 1. The van der Waals surface area contributed by atoms with Crippen molar-refractivity contribution in [1.29, 1.82) is 0 Å². The molecule has 0 saturated heterocycles. The van der Waals surface area contributed by atoms with Crippen molar-refractivity contribution in [2.45, 2.75) is 33.2 Å². The van der Waals surface area contributed by atoms with Crippen molar-refractivity contribution in [2.75, 3.05) is 0 Å². The number of hydrogen-bond acceptors (Lipinski definition) is 3. The number of halogens is 1. The van der Waals surface area contributed by atoms with Crippen LogP contribution in [0.1, 0.15) is 28.8 Å². The van der Waals surface area contributed by atoms with Crippen molar-refractivity contribution >= 4 is 5.91 Å². The van der Waals surface area contributed by atoms with Gasteiger partial charge in [-0.1, -0.05) is 48.5 Å². The monoisotopic (exact) mass is 443 g/mol. The second kappa shape index (κ2) is 10.1. The maximum Gasteiger partial charge on any atom is 0.226 e. The summed E-state index contributed by atoms with van der Waals surface area (Å²) in [6.45, 7) is 4.38. The van der Waals surface area contributed by atoms with Crippen LogP contribution in [0.5, 0.6) is 11.6 Å². The number of amides is 1. The number of ether oxygens (including phenoxy) is 1. The summed E-state index contributed by atoms with van der Waals surface area (Å²) >= 11 is 0. The van der Waals surface area contributed by atoms with Gasteiger partial charge in [0.05, 0.1) is 11.4 Å². The summed E-state index contributed by atoms with van der Waals surface area (Å²) < 4.78 is 21.6. The molecule has 0 saturated carbocycles. The molecule has 0 aliphatic rings. The van der Waals surface area contributed by atoms with Gasteiger partial charge >= 0.3 is 0 Å². The highest BCUT2D eigenvalue weighted by atomic mass is 19.1. The lowest BCUT2D eigenvalue weighted by Crippen LogP contribution is -2.23. The Morgan fingerprint density at radius 1 is 1.00 bits per heavy atom. The average Bonchev–Trinajstić information content (AvgIpc) is 3.12. The molecule has 4 rings (SSSR count). The van der Waals surface area contributed by atoms with Crippen molar-refractivity contribution < 1.29 is 13.9 Å². The fraction of sp³-hybridized carbons (Fsp3) is 0.185. The van der Waals surface area contributed by atoms with E-state index in [1.165, 1.54) is 12.1 Å². The van der Waals surface area contributed by atoms with Gasteiger partial charge in [0.1, 0.15) is 11.6 Å². The summed E-state index contributed by atoms with van der Waals surface area (Å²) in [5, 5.41) is 7.63. The molecular weight excluding hydrogens is 417 g/mol. The Bertz CT molecular complexity index is 1250. The van der Waals surface area contributed by atoms with Gasteiger partial charge in [0.25, 0.3) is 0 Å². The van der Waals surface area contributed by atoms with Gasteiger partial charge in [-0.05, 0) is 55.7 Å². The second-order valence-corrected chi connectivity index (χ2v) is 7.94. The number of benzene rings is 3. The second-order valence-electron chi connectivity index (χ2n) is 7.94. The molecule has 6 heteroatoms. The zero-order chi connectivity index (χ0) is 23.2. The van der Waals surface area contributed by atoms with Crippen molar-refractivity contribution in [3.63, 3.8) is 0 Å². The number of aromatic nitrogens is 2. The maximum atomic E-state index is 13.8. The summed E-state index contributed by atoms with van der Waals surface area (Å²) in [4.78, 5) is 12.5. The Balaban J connectivity index is 1.57. The minimum Gasteiger partial charge on any atom is -0.439 e. The molecule has 0 atom stereocenters. The smallest absolute Gasteiger partial charge is 0.226 e. The Morgan fingerprint density at radius 2 is 1.79 bits per heavy atom. The molecular formula is C27H26FN3O2. The van der Waals surface area contributed by atoms with E-state index in [-0.39, 0.29) is 18.1 Å². The highest BCUT2D eigenvalue weighted by Crippen LogP contribution is 2.32. The van der Waals surface area contributed by atoms with Crippen LogP contribution in [0.3, 0.4) is 0 Å². The van der Waals surface area contributed by atoms with Gasteiger partial charge in [-0.2, -0.15) is 5.10 Å². The van der Waals surface area contributed by atoms with E-state index in [1.54, 1.807) is 16.8 Å². The quantitative estimate of drug-likeness (QED) is 0.382. The van der Waals surface area contributed by atoms with Crippen LogP contribution in [0.4, 0.5) is 4.39 Å². The van der Waals surface area contributed by atoms with Crippen LogP contribution >= 0.6 is 0 Å². The Morgan fingerprint density at radius 3 is 2.55 bits per heavy atom. The van der Waals surface area contributed by atoms with Gasteiger partial charge in [-0.25, -0.2) is 9.07 Å². The molecule has 3 aromatic carbocycles. The Hall–Kier alpha value is -3.93. The number of hydrogen-bond donors (Lipinski definition) is 1. The number of rotatable bonds is 8. The molecule has 0 unspecified atom stereocenters. The summed E-state index contributed by atoms with van der Waals surface area (Å²) in [5.74, 6) is 0.420. The standard InChI is InChI=1S/C27H26FN3O2/c1-19-8-6-12-23(16-19)31-27(33-24-13-7-11-22(28)17-24)25(20(2)30-31)14-15-26(32)29-18-21-9-4-3-5-10-21/h3-13,16-17H,14-15,18H2,1-2H3,(H,29,32). The molecule has 1 N–H and O–H groups in total. The van der Waals surface area contributed by atoms with Crippen LogP contribution in [0, 0.1) is 19.7 Å². The third-order valence-electron chi connectivity index (χ3n) is 5.33. The topological polar surface area (TPSA) is 56.2 Å². The molecule has 0 spiro atoms. The Labute approximate surface area is 192 Å². The molecule has 33 heavy (non-hydrogen) atoms. The molecule has 0 fully saturated rings. The zero-order valence-corrected chi connectivity index (χ0v) is 18.7. The fourth-order valence-corrected chi connectivity index (χ4v) is 3.63. The van der Waals surface area contributed by atoms with Crippen LogP contribution in [-0.2, 0) is 17.8 Å². The number of nitrogens with one attached hydrogen (secondary N) is 1. The first-order valence-corrected chi connectivity index (χ1v) is 10.9. The first kappa shape index (κ1) is 22.3. The van der Waals surface area contributed by atoms with Crippen molar-refractivity contribution in [1.82, 2.24) is 15.1 Å². The van der Waals surface area contributed by atoms with Gasteiger partial charge in [-0.15, -0.1) is 0 Å². The summed E-state index contributed by atoms with van der Waals surface area (Å²) in [6.07, 6.45) is 0.732. The predicted molar refractivity (Wildman–Crippen MR) is 126 cm³/mol. The lowest BCUT2D eigenvalue weighted by Gasteiger charge is -2.12. The predicted octanol–water partition coefficient (Wildman–Crippen LogP) is 5.67. The van der Waals surface area contributed by atoms with E-state index in [0.717, 1.165) is 28.1 Å². The molecule has 1 aromatic heterocycles. The molecule has 168 valence electrons. The highest BCUT2D eigenvalue weighted by Gasteiger charge is 2.20. The molecule has 1 amide bonds. The van der Waals surface area contributed by atoms with Crippen molar-refractivity contribution in [3.8, 4) is 17.3 Å². The average molecular weight is 444 g/mol. The largest absolute Gasteiger partial charge is 0.439 e. The first-order chi connectivity index (χ1) is 16.0. The summed E-state index contributed by atoms with van der Waals surface area (Å²) in [7, 11) is 0. The third kappa shape index (κ3) is 5.66. The SMILES string of the molecule is Cc1cccc(-n2nc(C)c(CCC(=O)NCc3ccccc3)c2Oc2cccc(F)c2)c1. The minimum atomic E-state index is -0.382. The first-order valence-electron chi connectivity index (χ1n) is 10.9. The van der Waals surface area contributed by atoms with E-state index in [0.29, 0.717) is 24.6 Å². The molecule has 0 bridgehead atoms. The molecule has 0 aliphatic carbocycles. The van der Waals surface area contributed by atoms with E-state index in [2.05, 4.69) is 10.4 Å². The van der Waals surface area contributed by atoms with E-state index < -0.39 is 0 Å². The van der Waals surface area contributed by atoms with Crippen LogP contribution in [0.2, 0.25) is 0 Å². The highest BCUT2D eigenvalue weighted by molar-refractivity contribution is 5.76. The van der Waals surface area contributed by atoms with Gasteiger partial charge in [0.2, 0.25) is 11.8 Å². The van der Waals surface area contributed by atoms with Gasteiger partial charge in [0, 0.05) is 24.6 Å². The van der Waals surface area contributed by atoms with Crippen molar-refractivity contribution in [2.24, 2.45) is 0 Å². The van der Waals surface area contributed by atoms with E-state index in [1.807, 2.05) is 68.4 Å². The summed E-state index contributed by atoms with van der Waals surface area (Å²) in [5.41, 5.74) is 4.54. The normalized spacial score (nSPS) is 10.8.